The fourth-order valence-electron chi connectivity index (χ4n) is 1.64. The molecule has 2 aromatic rings. The number of hydrogen-bond donors (Lipinski definition) is 0. The molecule has 0 spiro atoms. The summed E-state index contributed by atoms with van der Waals surface area (Å²) in [4.78, 5) is 0. The van der Waals surface area contributed by atoms with Gasteiger partial charge in [0.15, 0.2) is 0 Å². The van der Waals surface area contributed by atoms with Gasteiger partial charge in [-0.1, -0.05) is 43.0 Å². The zero-order valence-corrected chi connectivity index (χ0v) is 9.22. The Kier molecular flexibility index (Phi) is 3.10. The van der Waals surface area contributed by atoms with Gasteiger partial charge in [0, 0.05) is 12.3 Å². The van der Waals surface area contributed by atoms with Gasteiger partial charge in [-0.2, -0.15) is 0 Å². The molecule has 0 aromatic heterocycles. The first kappa shape index (κ1) is 10.6. The minimum absolute atomic E-state index is 0.330. The van der Waals surface area contributed by atoms with Gasteiger partial charge in [-0.25, -0.2) is 0 Å². The first-order valence-corrected chi connectivity index (χ1v) is 5.22. The largest absolute Gasteiger partial charge is 0.463 e. The van der Waals surface area contributed by atoms with E-state index in [0.717, 1.165) is 16.5 Å². The third-order valence-corrected chi connectivity index (χ3v) is 2.33. The highest BCUT2D eigenvalue weighted by atomic mass is 16.7. The fraction of sp³-hybridized carbons (Fsp3) is 0.143. The van der Waals surface area contributed by atoms with Crippen LogP contribution in [-0.2, 0) is 4.74 Å². The maximum atomic E-state index is 5.67. The Morgan fingerprint density at radius 3 is 2.69 bits per heavy atom. The molecule has 0 fully saturated rings. The Labute approximate surface area is 95.1 Å². The number of ether oxygens (including phenoxy) is 2. The van der Waals surface area contributed by atoms with E-state index < -0.39 is 0 Å². The van der Waals surface area contributed by atoms with Crippen molar-refractivity contribution in [3.63, 3.8) is 0 Å². The van der Waals surface area contributed by atoms with E-state index >= 15 is 0 Å². The van der Waals surface area contributed by atoms with Crippen molar-refractivity contribution < 1.29 is 9.47 Å². The highest BCUT2D eigenvalue weighted by Crippen LogP contribution is 2.26. The van der Waals surface area contributed by atoms with Gasteiger partial charge >= 0.3 is 0 Å². The van der Waals surface area contributed by atoms with Crippen LogP contribution >= 0.6 is 0 Å². The smallest absolute Gasteiger partial charge is 0.237 e. The monoisotopic (exact) mass is 214 g/mol. The molecule has 0 heterocycles. The second-order valence-electron chi connectivity index (χ2n) is 3.47. The van der Waals surface area contributed by atoms with Gasteiger partial charge in [0.25, 0.3) is 0 Å². The standard InChI is InChI=1S/C14H14O2/c1-3-15-11(2)16-14-10-6-8-12-7-4-5-9-13(12)14/h3-11H,1H2,2H3. The van der Waals surface area contributed by atoms with Crippen LogP contribution in [0, 0.1) is 0 Å². The molecule has 0 N–H and O–H groups in total. The Bertz CT molecular complexity index is 486. The zero-order chi connectivity index (χ0) is 11.4. The molecule has 0 saturated heterocycles. The molecular weight excluding hydrogens is 200 g/mol. The lowest BCUT2D eigenvalue weighted by molar-refractivity contribution is -0.0121. The third kappa shape index (κ3) is 2.16. The summed E-state index contributed by atoms with van der Waals surface area (Å²) < 4.78 is 10.8. The van der Waals surface area contributed by atoms with Crippen LogP contribution in [0.5, 0.6) is 5.75 Å². The van der Waals surface area contributed by atoms with E-state index in [9.17, 15) is 0 Å². The Hall–Kier alpha value is -1.96. The van der Waals surface area contributed by atoms with Crippen LogP contribution in [-0.4, -0.2) is 6.29 Å². The minimum Gasteiger partial charge on any atom is -0.463 e. The Morgan fingerprint density at radius 2 is 1.88 bits per heavy atom. The van der Waals surface area contributed by atoms with Crippen molar-refractivity contribution in [3.8, 4) is 5.75 Å². The Morgan fingerprint density at radius 1 is 1.12 bits per heavy atom. The molecule has 2 nitrogen and oxygen atoms in total. The molecule has 0 aliphatic rings. The average Bonchev–Trinajstić information content (AvgIpc) is 2.30. The van der Waals surface area contributed by atoms with Gasteiger partial charge in [0.1, 0.15) is 5.75 Å². The van der Waals surface area contributed by atoms with Gasteiger partial charge in [-0.05, 0) is 11.5 Å². The molecule has 2 heteroatoms. The molecule has 0 amide bonds. The maximum Gasteiger partial charge on any atom is 0.237 e. The van der Waals surface area contributed by atoms with Crippen molar-refractivity contribution in [2.45, 2.75) is 13.2 Å². The molecule has 1 unspecified atom stereocenters. The lowest BCUT2D eigenvalue weighted by atomic mass is 10.1. The van der Waals surface area contributed by atoms with Crippen LogP contribution in [0.2, 0.25) is 0 Å². The number of fused-ring (bicyclic) bond motifs is 1. The maximum absolute atomic E-state index is 5.67. The van der Waals surface area contributed by atoms with Crippen molar-refractivity contribution in [2.75, 3.05) is 0 Å². The molecule has 2 aromatic carbocycles. The van der Waals surface area contributed by atoms with Gasteiger partial charge in [-0.3, -0.25) is 0 Å². The predicted octanol–water partition coefficient (Wildman–Crippen LogP) is 3.72. The lowest BCUT2D eigenvalue weighted by Gasteiger charge is -2.15. The molecule has 0 bridgehead atoms. The first-order chi connectivity index (χ1) is 7.81. The summed E-state index contributed by atoms with van der Waals surface area (Å²) in [6.45, 7) is 5.34. The van der Waals surface area contributed by atoms with E-state index in [1.807, 2.05) is 37.3 Å². The van der Waals surface area contributed by atoms with Crippen LogP contribution in [0.1, 0.15) is 6.92 Å². The van der Waals surface area contributed by atoms with E-state index in [4.69, 9.17) is 9.47 Å². The van der Waals surface area contributed by atoms with Crippen LogP contribution in [0.25, 0.3) is 10.8 Å². The highest BCUT2D eigenvalue weighted by Gasteiger charge is 2.05. The van der Waals surface area contributed by atoms with Crippen LogP contribution in [0.4, 0.5) is 0 Å². The Balaban J connectivity index is 2.33. The molecule has 0 radical (unpaired) electrons. The van der Waals surface area contributed by atoms with E-state index in [-0.39, 0.29) is 6.29 Å². The van der Waals surface area contributed by atoms with Crippen LogP contribution < -0.4 is 4.74 Å². The van der Waals surface area contributed by atoms with Crippen LogP contribution in [0.3, 0.4) is 0 Å². The average molecular weight is 214 g/mol. The molecule has 82 valence electrons. The summed E-state index contributed by atoms with van der Waals surface area (Å²) in [7, 11) is 0. The molecule has 1 atom stereocenters. The second kappa shape index (κ2) is 4.71. The van der Waals surface area contributed by atoms with Gasteiger partial charge < -0.3 is 9.47 Å². The number of benzene rings is 2. The van der Waals surface area contributed by atoms with E-state index in [0.29, 0.717) is 0 Å². The fourth-order valence-corrected chi connectivity index (χ4v) is 1.64. The van der Waals surface area contributed by atoms with Crippen LogP contribution in [0.15, 0.2) is 55.3 Å². The van der Waals surface area contributed by atoms with E-state index in [2.05, 4.69) is 18.7 Å². The van der Waals surface area contributed by atoms with Gasteiger partial charge in [-0.15, -0.1) is 0 Å². The summed E-state index contributed by atoms with van der Waals surface area (Å²) in [6.07, 6.45) is 1.05. The van der Waals surface area contributed by atoms with Crippen molar-refractivity contribution in [1.29, 1.82) is 0 Å². The summed E-state index contributed by atoms with van der Waals surface area (Å²) in [5, 5.41) is 2.25. The summed E-state index contributed by atoms with van der Waals surface area (Å²) >= 11 is 0. The molecule has 0 aliphatic carbocycles. The van der Waals surface area contributed by atoms with E-state index in [1.165, 1.54) is 6.26 Å². The zero-order valence-electron chi connectivity index (χ0n) is 9.22. The third-order valence-electron chi connectivity index (χ3n) is 2.33. The molecule has 0 aliphatic heterocycles. The number of rotatable bonds is 4. The minimum atomic E-state index is -0.330. The molecular formula is C14H14O2. The molecule has 2 rings (SSSR count). The highest BCUT2D eigenvalue weighted by molar-refractivity contribution is 5.88. The lowest BCUT2D eigenvalue weighted by Crippen LogP contribution is -2.13. The van der Waals surface area contributed by atoms with Crippen molar-refractivity contribution >= 4 is 10.8 Å². The SMILES string of the molecule is C=COC(C)Oc1cccc2ccccc12. The van der Waals surface area contributed by atoms with Gasteiger partial charge in [0.2, 0.25) is 6.29 Å². The summed E-state index contributed by atoms with van der Waals surface area (Å²) in [6, 6.07) is 14.1. The second-order valence-corrected chi connectivity index (χ2v) is 3.47. The summed E-state index contributed by atoms with van der Waals surface area (Å²) in [5.74, 6) is 0.826. The van der Waals surface area contributed by atoms with Crippen molar-refractivity contribution in [1.82, 2.24) is 0 Å². The quantitative estimate of drug-likeness (QED) is 0.570. The topological polar surface area (TPSA) is 18.5 Å². The predicted molar refractivity (Wildman–Crippen MR) is 65.3 cm³/mol. The van der Waals surface area contributed by atoms with Gasteiger partial charge in [0.05, 0.1) is 6.26 Å². The van der Waals surface area contributed by atoms with Crippen molar-refractivity contribution in [2.24, 2.45) is 0 Å². The first-order valence-electron chi connectivity index (χ1n) is 5.22. The van der Waals surface area contributed by atoms with Crippen molar-refractivity contribution in [3.05, 3.63) is 55.3 Å². The molecule has 0 saturated carbocycles. The summed E-state index contributed by atoms with van der Waals surface area (Å²) in [5.41, 5.74) is 0. The van der Waals surface area contributed by atoms with E-state index in [1.54, 1.807) is 0 Å². The number of hydrogen-bond acceptors (Lipinski definition) is 2. The normalized spacial score (nSPS) is 12.1. The molecule has 16 heavy (non-hydrogen) atoms.